The van der Waals surface area contributed by atoms with Gasteiger partial charge in [-0.2, -0.15) is 0 Å². The van der Waals surface area contributed by atoms with Gasteiger partial charge in [-0.3, -0.25) is 4.79 Å². The molecule has 0 amide bonds. The first kappa shape index (κ1) is 17.1. The van der Waals surface area contributed by atoms with Crippen LogP contribution in [0.5, 0.6) is 0 Å². The molecule has 1 unspecified atom stereocenters. The van der Waals surface area contributed by atoms with Gasteiger partial charge in [0.1, 0.15) is 11.6 Å². The number of hydrogen-bond donors (Lipinski definition) is 1. The summed E-state index contributed by atoms with van der Waals surface area (Å²) in [5.41, 5.74) is 1.16. The zero-order chi connectivity index (χ0) is 17.5. The third kappa shape index (κ3) is 3.66. The highest BCUT2D eigenvalue weighted by molar-refractivity contribution is 7.99. The molecule has 2 aromatic rings. The normalized spacial score (nSPS) is 17.1. The van der Waals surface area contributed by atoms with Gasteiger partial charge in [0.15, 0.2) is 5.78 Å². The lowest BCUT2D eigenvalue weighted by Crippen LogP contribution is -2.38. The van der Waals surface area contributed by atoms with Crippen LogP contribution in [-0.4, -0.2) is 26.5 Å². The van der Waals surface area contributed by atoms with E-state index in [4.69, 9.17) is 0 Å². The first-order chi connectivity index (χ1) is 11.2. The SMILES string of the molecule is CS(=O)(=O)NC1Cc2ccc(Sc3ccc(F)cc3F)cc2C1=O. The fourth-order valence-corrected chi connectivity index (χ4v) is 4.13. The minimum Gasteiger partial charge on any atom is -0.292 e. The molecule has 0 aromatic heterocycles. The first-order valence-electron chi connectivity index (χ1n) is 7.00. The molecule has 8 heteroatoms. The fraction of sp³-hybridized carbons (Fsp3) is 0.188. The zero-order valence-electron chi connectivity index (χ0n) is 12.5. The van der Waals surface area contributed by atoms with Crippen molar-refractivity contribution in [2.45, 2.75) is 22.3 Å². The summed E-state index contributed by atoms with van der Waals surface area (Å²) in [6.07, 6.45) is 1.29. The second kappa shape index (κ2) is 6.27. The quantitative estimate of drug-likeness (QED) is 0.900. The van der Waals surface area contributed by atoms with Gasteiger partial charge in [0, 0.05) is 21.4 Å². The summed E-state index contributed by atoms with van der Waals surface area (Å²) in [5.74, 6) is -1.64. The molecule has 0 heterocycles. The van der Waals surface area contributed by atoms with Crippen molar-refractivity contribution in [3.63, 3.8) is 0 Å². The second-order valence-electron chi connectivity index (χ2n) is 5.51. The Kier molecular flexibility index (Phi) is 4.46. The average molecular weight is 369 g/mol. The van der Waals surface area contributed by atoms with E-state index >= 15 is 0 Å². The molecule has 4 nitrogen and oxygen atoms in total. The summed E-state index contributed by atoms with van der Waals surface area (Å²) in [7, 11) is -3.49. The molecule has 1 atom stereocenters. The van der Waals surface area contributed by atoms with Gasteiger partial charge in [-0.1, -0.05) is 17.8 Å². The largest absolute Gasteiger partial charge is 0.292 e. The maximum Gasteiger partial charge on any atom is 0.209 e. The summed E-state index contributed by atoms with van der Waals surface area (Å²) in [4.78, 5) is 13.2. The molecule has 0 saturated heterocycles. The zero-order valence-corrected chi connectivity index (χ0v) is 14.2. The molecule has 0 aliphatic heterocycles. The summed E-state index contributed by atoms with van der Waals surface area (Å²) in [6.45, 7) is 0. The number of sulfonamides is 1. The van der Waals surface area contributed by atoms with E-state index in [2.05, 4.69) is 4.72 Å². The number of halogens is 2. The molecule has 126 valence electrons. The Hall–Kier alpha value is -1.77. The monoisotopic (exact) mass is 369 g/mol. The fourth-order valence-electron chi connectivity index (χ4n) is 2.57. The topological polar surface area (TPSA) is 63.2 Å². The molecule has 3 rings (SSSR count). The molecule has 1 aliphatic carbocycles. The molecule has 0 saturated carbocycles. The average Bonchev–Trinajstić information content (AvgIpc) is 2.77. The van der Waals surface area contributed by atoms with Crippen molar-refractivity contribution in [2.24, 2.45) is 0 Å². The van der Waals surface area contributed by atoms with Gasteiger partial charge >= 0.3 is 0 Å². The molecule has 1 N–H and O–H groups in total. The standard InChI is InChI=1S/C16H13F2NO3S2/c1-24(21,22)19-14-6-9-2-4-11(8-12(9)16(14)20)23-15-5-3-10(17)7-13(15)18/h2-5,7-8,14,19H,6H2,1H3. The Balaban J connectivity index is 1.85. The Bertz CT molecular complexity index is 929. The number of Topliss-reactive ketones (excluding diaryl/α,β-unsaturated/α-hetero) is 1. The highest BCUT2D eigenvalue weighted by Gasteiger charge is 2.32. The van der Waals surface area contributed by atoms with Crippen LogP contribution in [0.1, 0.15) is 15.9 Å². The first-order valence-corrected chi connectivity index (χ1v) is 9.71. The van der Waals surface area contributed by atoms with Crippen molar-refractivity contribution < 1.29 is 22.0 Å². The molecule has 0 bridgehead atoms. The Morgan fingerprint density at radius 1 is 1.17 bits per heavy atom. The minimum atomic E-state index is -3.49. The van der Waals surface area contributed by atoms with E-state index < -0.39 is 27.7 Å². The van der Waals surface area contributed by atoms with Gasteiger partial charge in [0.2, 0.25) is 10.0 Å². The number of hydrogen-bond acceptors (Lipinski definition) is 4. The molecular formula is C16H13F2NO3S2. The van der Waals surface area contributed by atoms with Crippen LogP contribution in [0.25, 0.3) is 0 Å². The Morgan fingerprint density at radius 2 is 1.92 bits per heavy atom. The van der Waals surface area contributed by atoms with Crippen LogP contribution in [0.2, 0.25) is 0 Å². The lowest BCUT2D eigenvalue weighted by molar-refractivity contribution is 0.0967. The van der Waals surface area contributed by atoms with Crippen LogP contribution in [0.15, 0.2) is 46.2 Å². The van der Waals surface area contributed by atoms with Crippen molar-refractivity contribution >= 4 is 27.6 Å². The van der Waals surface area contributed by atoms with Crippen LogP contribution < -0.4 is 4.72 Å². The van der Waals surface area contributed by atoms with Crippen LogP contribution >= 0.6 is 11.8 Å². The molecule has 0 radical (unpaired) electrons. The van der Waals surface area contributed by atoms with Gasteiger partial charge in [-0.25, -0.2) is 21.9 Å². The van der Waals surface area contributed by atoms with Crippen LogP contribution in [0.4, 0.5) is 8.78 Å². The number of ketones is 1. The molecule has 0 fully saturated rings. The third-order valence-electron chi connectivity index (χ3n) is 3.57. The van der Waals surface area contributed by atoms with E-state index in [0.29, 0.717) is 10.5 Å². The van der Waals surface area contributed by atoms with Crippen LogP contribution in [0.3, 0.4) is 0 Å². The van der Waals surface area contributed by atoms with Crippen molar-refractivity contribution in [2.75, 3.05) is 6.26 Å². The molecule has 2 aromatic carbocycles. The number of benzene rings is 2. The van der Waals surface area contributed by atoms with E-state index in [1.54, 1.807) is 18.2 Å². The minimum absolute atomic E-state index is 0.243. The van der Waals surface area contributed by atoms with Gasteiger partial charge in [0.05, 0.1) is 12.3 Å². The van der Waals surface area contributed by atoms with E-state index in [0.717, 1.165) is 35.7 Å². The predicted octanol–water partition coefficient (Wildman–Crippen LogP) is 2.77. The van der Waals surface area contributed by atoms with Crippen LogP contribution in [0, 0.1) is 11.6 Å². The van der Waals surface area contributed by atoms with E-state index in [-0.39, 0.29) is 17.1 Å². The number of rotatable bonds is 4. The lowest BCUT2D eigenvalue weighted by Gasteiger charge is -2.07. The number of nitrogens with one attached hydrogen (secondary N) is 1. The molecule has 0 spiro atoms. The Labute approximate surface area is 142 Å². The number of fused-ring (bicyclic) bond motifs is 1. The second-order valence-corrected chi connectivity index (χ2v) is 8.40. The number of carbonyl (C=O) groups excluding carboxylic acids is 1. The Morgan fingerprint density at radius 3 is 2.58 bits per heavy atom. The highest BCUT2D eigenvalue weighted by atomic mass is 32.2. The summed E-state index contributed by atoms with van der Waals surface area (Å²) >= 11 is 1.07. The highest BCUT2D eigenvalue weighted by Crippen LogP contribution is 2.33. The summed E-state index contributed by atoms with van der Waals surface area (Å²) in [6, 6.07) is 7.54. The summed E-state index contributed by atoms with van der Waals surface area (Å²) < 4.78 is 51.6. The predicted molar refractivity (Wildman–Crippen MR) is 86.7 cm³/mol. The maximum atomic E-state index is 13.7. The van der Waals surface area contributed by atoms with E-state index in [1.165, 1.54) is 6.07 Å². The van der Waals surface area contributed by atoms with Gasteiger partial charge in [-0.05, 0) is 36.2 Å². The molecule has 1 aliphatic rings. The maximum absolute atomic E-state index is 13.7. The number of carbonyl (C=O) groups is 1. The van der Waals surface area contributed by atoms with Crippen LogP contribution in [-0.2, 0) is 16.4 Å². The van der Waals surface area contributed by atoms with Gasteiger partial charge in [0.25, 0.3) is 0 Å². The third-order valence-corrected chi connectivity index (χ3v) is 5.32. The van der Waals surface area contributed by atoms with Crippen molar-refractivity contribution in [1.29, 1.82) is 0 Å². The van der Waals surface area contributed by atoms with E-state index in [1.807, 2.05) is 0 Å². The van der Waals surface area contributed by atoms with Crippen molar-refractivity contribution in [1.82, 2.24) is 4.72 Å². The van der Waals surface area contributed by atoms with Crippen molar-refractivity contribution in [3.05, 3.63) is 59.2 Å². The van der Waals surface area contributed by atoms with E-state index in [9.17, 15) is 22.0 Å². The smallest absolute Gasteiger partial charge is 0.209 e. The lowest BCUT2D eigenvalue weighted by atomic mass is 10.1. The van der Waals surface area contributed by atoms with Crippen molar-refractivity contribution in [3.8, 4) is 0 Å². The molecule has 24 heavy (non-hydrogen) atoms. The summed E-state index contributed by atoms with van der Waals surface area (Å²) in [5, 5.41) is 0. The molecular weight excluding hydrogens is 356 g/mol. The van der Waals surface area contributed by atoms with Gasteiger partial charge < -0.3 is 0 Å². The van der Waals surface area contributed by atoms with Gasteiger partial charge in [-0.15, -0.1) is 0 Å².